The minimum Gasteiger partial charge on any atom is -0.393 e. The van der Waals surface area contributed by atoms with E-state index in [2.05, 4.69) is 0 Å². The van der Waals surface area contributed by atoms with Gasteiger partial charge in [0.1, 0.15) is 0 Å². The van der Waals surface area contributed by atoms with Crippen molar-refractivity contribution in [2.75, 3.05) is 0 Å². The molecule has 1 aliphatic rings. The van der Waals surface area contributed by atoms with Gasteiger partial charge in [0.2, 0.25) is 5.91 Å². The SMILES string of the molecule is NC(=O)CCCC1CCC(O)CC1. The first kappa shape index (κ1) is 10.5. The molecule has 0 atom stereocenters. The Labute approximate surface area is 79.3 Å². The molecule has 0 unspecified atom stereocenters. The highest BCUT2D eigenvalue weighted by Crippen LogP contribution is 2.27. The van der Waals surface area contributed by atoms with Crippen LogP contribution in [0.1, 0.15) is 44.9 Å². The molecule has 1 rings (SSSR count). The van der Waals surface area contributed by atoms with E-state index >= 15 is 0 Å². The second kappa shape index (κ2) is 5.22. The molecule has 0 aromatic rings. The molecule has 1 aliphatic carbocycles. The number of hydrogen-bond donors (Lipinski definition) is 2. The van der Waals surface area contributed by atoms with Gasteiger partial charge in [0.05, 0.1) is 6.10 Å². The molecule has 1 amide bonds. The molecule has 0 aromatic carbocycles. The van der Waals surface area contributed by atoms with E-state index in [-0.39, 0.29) is 12.0 Å². The van der Waals surface area contributed by atoms with Crippen LogP contribution in [0.5, 0.6) is 0 Å². The highest BCUT2D eigenvalue weighted by Gasteiger charge is 2.18. The molecule has 13 heavy (non-hydrogen) atoms. The van der Waals surface area contributed by atoms with Gasteiger partial charge in [-0.05, 0) is 44.4 Å². The predicted octanol–water partition coefficient (Wildman–Crippen LogP) is 1.19. The lowest BCUT2D eigenvalue weighted by Crippen LogP contribution is -2.18. The second-order valence-electron chi connectivity index (χ2n) is 4.03. The van der Waals surface area contributed by atoms with Crippen LogP contribution < -0.4 is 5.73 Å². The molecule has 0 radical (unpaired) electrons. The van der Waals surface area contributed by atoms with Gasteiger partial charge in [0.25, 0.3) is 0 Å². The molecular formula is C10H19NO2. The summed E-state index contributed by atoms with van der Waals surface area (Å²) in [5.41, 5.74) is 5.05. The third-order valence-electron chi connectivity index (χ3n) is 2.85. The van der Waals surface area contributed by atoms with Crippen molar-refractivity contribution < 1.29 is 9.90 Å². The Hall–Kier alpha value is -0.570. The molecule has 3 heteroatoms. The predicted molar refractivity (Wildman–Crippen MR) is 51.0 cm³/mol. The zero-order valence-electron chi connectivity index (χ0n) is 8.04. The van der Waals surface area contributed by atoms with Gasteiger partial charge in [-0.25, -0.2) is 0 Å². The van der Waals surface area contributed by atoms with Crippen molar-refractivity contribution in [3.63, 3.8) is 0 Å². The largest absolute Gasteiger partial charge is 0.393 e. The lowest BCUT2D eigenvalue weighted by molar-refractivity contribution is -0.118. The average molecular weight is 185 g/mol. The fourth-order valence-corrected chi connectivity index (χ4v) is 2.00. The van der Waals surface area contributed by atoms with Gasteiger partial charge < -0.3 is 10.8 Å². The third-order valence-corrected chi connectivity index (χ3v) is 2.85. The van der Waals surface area contributed by atoms with Gasteiger partial charge in [0, 0.05) is 6.42 Å². The molecular weight excluding hydrogens is 166 g/mol. The van der Waals surface area contributed by atoms with Gasteiger partial charge in [-0.1, -0.05) is 0 Å². The lowest BCUT2D eigenvalue weighted by atomic mass is 9.84. The van der Waals surface area contributed by atoms with Gasteiger partial charge in [-0.2, -0.15) is 0 Å². The van der Waals surface area contributed by atoms with Crippen molar-refractivity contribution in [1.82, 2.24) is 0 Å². The lowest BCUT2D eigenvalue weighted by Gasteiger charge is -2.24. The van der Waals surface area contributed by atoms with Crippen LogP contribution in [0.25, 0.3) is 0 Å². The molecule has 1 fully saturated rings. The fourth-order valence-electron chi connectivity index (χ4n) is 2.00. The molecule has 0 aliphatic heterocycles. The number of rotatable bonds is 4. The number of nitrogens with two attached hydrogens (primary N) is 1. The van der Waals surface area contributed by atoms with Crippen LogP contribution in [0.3, 0.4) is 0 Å². The molecule has 1 saturated carbocycles. The summed E-state index contributed by atoms with van der Waals surface area (Å²) < 4.78 is 0. The number of aliphatic hydroxyl groups excluding tert-OH is 1. The maximum Gasteiger partial charge on any atom is 0.217 e. The molecule has 3 N–H and O–H groups in total. The number of carbonyl (C=O) groups is 1. The number of amides is 1. The molecule has 3 nitrogen and oxygen atoms in total. The van der Waals surface area contributed by atoms with Crippen molar-refractivity contribution in [2.45, 2.75) is 51.0 Å². The molecule has 76 valence electrons. The Kier molecular flexibility index (Phi) is 4.22. The fraction of sp³-hybridized carbons (Fsp3) is 0.900. The second-order valence-corrected chi connectivity index (χ2v) is 4.03. The van der Waals surface area contributed by atoms with E-state index in [0.717, 1.165) is 38.5 Å². The molecule has 0 heterocycles. The van der Waals surface area contributed by atoms with Crippen molar-refractivity contribution in [3.05, 3.63) is 0 Å². The quantitative estimate of drug-likeness (QED) is 0.691. The summed E-state index contributed by atoms with van der Waals surface area (Å²) in [6.45, 7) is 0. The summed E-state index contributed by atoms with van der Waals surface area (Å²) in [6.07, 6.45) is 6.53. The van der Waals surface area contributed by atoms with Crippen LogP contribution in [0, 0.1) is 5.92 Å². The first-order chi connectivity index (χ1) is 6.18. The summed E-state index contributed by atoms with van der Waals surface area (Å²) in [5, 5.41) is 9.27. The minimum atomic E-state index is -0.198. The summed E-state index contributed by atoms with van der Waals surface area (Å²) in [6, 6.07) is 0. The summed E-state index contributed by atoms with van der Waals surface area (Å²) in [5.74, 6) is 0.513. The van der Waals surface area contributed by atoms with Crippen molar-refractivity contribution in [3.8, 4) is 0 Å². The van der Waals surface area contributed by atoms with Crippen LogP contribution in [0.4, 0.5) is 0 Å². The van der Waals surface area contributed by atoms with Gasteiger partial charge in [-0.3, -0.25) is 4.79 Å². The smallest absolute Gasteiger partial charge is 0.217 e. The maximum absolute atomic E-state index is 10.5. The van der Waals surface area contributed by atoms with Crippen LogP contribution in [0.2, 0.25) is 0 Å². The zero-order chi connectivity index (χ0) is 9.68. The van der Waals surface area contributed by atoms with E-state index in [1.165, 1.54) is 0 Å². The summed E-state index contributed by atoms with van der Waals surface area (Å²) in [4.78, 5) is 10.5. The Morgan fingerprint density at radius 1 is 1.31 bits per heavy atom. The number of hydrogen-bond acceptors (Lipinski definition) is 2. The van der Waals surface area contributed by atoms with Crippen molar-refractivity contribution in [2.24, 2.45) is 11.7 Å². The normalized spacial score (nSPS) is 28.7. The molecule has 0 bridgehead atoms. The monoisotopic (exact) mass is 185 g/mol. The van der Waals surface area contributed by atoms with Crippen molar-refractivity contribution >= 4 is 5.91 Å². The summed E-state index contributed by atoms with van der Waals surface area (Å²) >= 11 is 0. The van der Waals surface area contributed by atoms with E-state index in [1.54, 1.807) is 0 Å². The Bertz CT molecular complexity index is 162. The molecule has 0 saturated heterocycles. The first-order valence-electron chi connectivity index (χ1n) is 5.15. The highest BCUT2D eigenvalue weighted by molar-refractivity contribution is 5.73. The molecule has 0 spiro atoms. The van der Waals surface area contributed by atoms with Crippen LogP contribution in [-0.4, -0.2) is 17.1 Å². The van der Waals surface area contributed by atoms with E-state index < -0.39 is 0 Å². The van der Waals surface area contributed by atoms with Gasteiger partial charge in [-0.15, -0.1) is 0 Å². The Morgan fingerprint density at radius 3 is 2.46 bits per heavy atom. The van der Waals surface area contributed by atoms with Crippen molar-refractivity contribution in [1.29, 1.82) is 0 Å². The van der Waals surface area contributed by atoms with Crippen LogP contribution in [-0.2, 0) is 4.79 Å². The van der Waals surface area contributed by atoms with E-state index in [1.807, 2.05) is 0 Å². The van der Waals surface area contributed by atoms with E-state index in [0.29, 0.717) is 12.3 Å². The number of aliphatic hydroxyl groups is 1. The minimum absolute atomic E-state index is 0.0765. The van der Waals surface area contributed by atoms with E-state index in [9.17, 15) is 9.90 Å². The number of carbonyl (C=O) groups excluding carboxylic acids is 1. The number of primary amides is 1. The Morgan fingerprint density at radius 2 is 1.92 bits per heavy atom. The van der Waals surface area contributed by atoms with Gasteiger partial charge in [0.15, 0.2) is 0 Å². The van der Waals surface area contributed by atoms with E-state index in [4.69, 9.17) is 5.73 Å². The summed E-state index contributed by atoms with van der Waals surface area (Å²) in [7, 11) is 0. The maximum atomic E-state index is 10.5. The van der Waals surface area contributed by atoms with Crippen LogP contribution in [0.15, 0.2) is 0 Å². The molecule has 0 aromatic heterocycles. The zero-order valence-corrected chi connectivity index (χ0v) is 8.04. The third kappa shape index (κ3) is 4.27. The van der Waals surface area contributed by atoms with Crippen LogP contribution >= 0.6 is 0 Å². The standard InChI is InChI=1S/C10H19NO2/c11-10(13)3-1-2-8-4-6-9(12)7-5-8/h8-9,12H,1-7H2,(H2,11,13). The topological polar surface area (TPSA) is 63.3 Å². The first-order valence-corrected chi connectivity index (χ1v) is 5.15. The Balaban J connectivity index is 2.05. The highest BCUT2D eigenvalue weighted by atomic mass is 16.3. The average Bonchev–Trinajstić information content (AvgIpc) is 2.08. The van der Waals surface area contributed by atoms with Gasteiger partial charge >= 0.3 is 0 Å².